The Kier molecular flexibility index (Phi) is 3.60. The largest absolute Gasteiger partial charge is 0.354 e. The van der Waals surface area contributed by atoms with E-state index in [2.05, 4.69) is 10.1 Å². The second-order valence-corrected chi connectivity index (χ2v) is 6.16. The molecular formula is C17H15FN4O3. The molecule has 0 spiro atoms. The maximum absolute atomic E-state index is 13.1. The van der Waals surface area contributed by atoms with Gasteiger partial charge in [0.1, 0.15) is 18.1 Å². The zero-order chi connectivity index (χ0) is 17.4. The predicted octanol–water partition coefficient (Wildman–Crippen LogP) is 1.57. The van der Waals surface area contributed by atoms with Crippen LogP contribution in [0.15, 0.2) is 57.0 Å². The number of rotatable bonds is 5. The minimum absolute atomic E-state index is 0.0911. The van der Waals surface area contributed by atoms with Crippen LogP contribution >= 0.6 is 0 Å². The van der Waals surface area contributed by atoms with Crippen LogP contribution in [0.5, 0.6) is 0 Å². The SMILES string of the molecule is O=c1c(=O)n(C2(CF)CC2)ccn1Cc1cc(-c2ccccn2)on1. The standard InChI is InChI=1S/C17H15FN4O3/c18-11-17(4-5-17)22-8-7-21(15(23)16(22)24)10-12-9-14(25-20-12)13-3-1-2-6-19-13/h1-3,6-9H,4-5,10-11H2. The second kappa shape index (κ2) is 5.80. The molecule has 0 amide bonds. The molecule has 128 valence electrons. The fourth-order valence-corrected chi connectivity index (χ4v) is 2.78. The molecule has 0 radical (unpaired) electrons. The van der Waals surface area contributed by atoms with Gasteiger partial charge < -0.3 is 13.7 Å². The van der Waals surface area contributed by atoms with Crippen molar-refractivity contribution in [1.29, 1.82) is 0 Å². The summed E-state index contributed by atoms with van der Waals surface area (Å²) in [6.07, 6.45) is 5.73. The van der Waals surface area contributed by atoms with E-state index in [0.29, 0.717) is 30.0 Å². The Morgan fingerprint density at radius 3 is 2.72 bits per heavy atom. The topological polar surface area (TPSA) is 82.9 Å². The zero-order valence-electron chi connectivity index (χ0n) is 13.3. The molecule has 0 N–H and O–H groups in total. The van der Waals surface area contributed by atoms with Crippen molar-refractivity contribution < 1.29 is 8.91 Å². The van der Waals surface area contributed by atoms with E-state index < -0.39 is 23.3 Å². The smallest absolute Gasteiger partial charge is 0.317 e. The van der Waals surface area contributed by atoms with Crippen LogP contribution in [0.3, 0.4) is 0 Å². The van der Waals surface area contributed by atoms with E-state index in [1.54, 1.807) is 24.4 Å². The van der Waals surface area contributed by atoms with E-state index in [9.17, 15) is 14.0 Å². The first-order valence-corrected chi connectivity index (χ1v) is 7.88. The van der Waals surface area contributed by atoms with Crippen LogP contribution < -0.4 is 11.1 Å². The molecule has 0 saturated heterocycles. The van der Waals surface area contributed by atoms with E-state index in [1.165, 1.54) is 21.5 Å². The van der Waals surface area contributed by atoms with Gasteiger partial charge in [-0.1, -0.05) is 11.2 Å². The molecule has 1 aliphatic rings. The van der Waals surface area contributed by atoms with E-state index >= 15 is 0 Å². The minimum Gasteiger partial charge on any atom is -0.354 e. The average Bonchev–Trinajstić information content (AvgIpc) is 3.30. The summed E-state index contributed by atoms with van der Waals surface area (Å²) in [7, 11) is 0. The minimum atomic E-state index is -0.824. The van der Waals surface area contributed by atoms with Crippen molar-refractivity contribution >= 4 is 0 Å². The van der Waals surface area contributed by atoms with Crippen molar-refractivity contribution in [2.75, 3.05) is 6.67 Å². The summed E-state index contributed by atoms with van der Waals surface area (Å²) in [6, 6.07) is 7.07. The molecule has 1 saturated carbocycles. The molecule has 0 bridgehead atoms. The van der Waals surface area contributed by atoms with E-state index in [0.717, 1.165) is 0 Å². The maximum Gasteiger partial charge on any atom is 0.317 e. The van der Waals surface area contributed by atoms with Crippen molar-refractivity contribution in [2.45, 2.75) is 24.9 Å². The number of alkyl halides is 1. The van der Waals surface area contributed by atoms with Gasteiger partial charge in [0.25, 0.3) is 0 Å². The van der Waals surface area contributed by atoms with Crippen molar-refractivity contribution in [3.8, 4) is 11.5 Å². The van der Waals surface area contributed by atoms with Crippen LogP contribution in [0.4, 0.5) is 4.39 Å². The van der Waals surface area contributed by atoms with Crippen LogP contribution in [0.1, 0.15) is 18.5 Å². The van der Waals surface area contributed by atoms with Crippen LogP contribution in [0, 0.1) is 0 Å². The Morgan fingerprint density at radius 1 is 1.20 bits per heavy atom. The number of hydrogen-bond acceptors (Lipinski definition) is 5. The highest BCUT2D eigenvalue weighted by molar-refractivity contribution is 5.51. The third-order valence-corrected chi connectivity index (χ3v) is 4.45. The summed E-state index contributed by atoms with van der Waals surface area (Å²) in [4.78, 5) is 28.7. The van der Waals surface area contributed by atoms with Gasteiger partial charge in [0.15, 0.2) is 5.76 Å². The molecule has 0 aliphatic heterocycles. The highest BCUT2D eigenvalue weighted by atomic mass is 19.1. The molecule has 7 nitrogen and oxygen atoms in total. The van der Waals surface area contributed by atoms with Crippen molar-refractivity contribution in [3.63, 3.8) is 0 Å². The van der Waals surface area contributed by atoms with Gasteiger partial charge in [-0.2, -0.15) is 0 Å². The molecule has 3 aromatic rings. The summed E-state index contributed by atoms with van der Waals surface area (Å²) in [6.45, 7) is -0.555. The summed E-state index contributed by atoms with van der Waals surface area (Å²) in [5, 5.41) is 3.91. The second-order valence-electron chi connectivity index (χ2n) is 6.16. The first kappa shape index (κ1) is 15.5. The highest BCUT2D eigenvalue weighted by Crippen LogP contribution is 2.42. The number of nitrogens with zero attached hydrogens (tertiary/aromatic N) is 4. The van der Waals surface area contributed by atoms with Gasteiger partial charge in [-0.05, 0) is 25.0 Å². The molecular weight excluding hydrogens is 327 g/mol. The number of hydrogen-bond donors (Lipinski definition) is 0. The number of halogens is 1. The van der Waals surface area contributed by atoms with Crippen LogP contribution in [0.25, 0.3) is 11.5 Å². The molecule has 0 aromatic carbocycles. The first-order valence-electron chi connectivity index (χ1n) is 7.88. The molecule has 8 heteroatoms. The zero-order valence-corrected chi connectivity index (χ0v) is 13.3. The van der Waals surface area contributed by atoms with Crippen molar-refractivity contribution in [2.24, 2.45) is 0 Å². The molecule has 3 aromatic heterocycles. The number of aromatic nitrogens is 4. The van der Waals surface area contributed by atoms with Crippen LogP contribution in [-0.2, 0) is 12.1 Å². The van der Waals surface area contributed by atoms with Crippen molar-refractivity contribution in [1.82, 2.24) is 19.3 Å². The Hall–Kier alpha value is -3.03. The summed E-state index contributed by atoms with van der Waals surface area (Å²) >= 11 is 0. The monoisotopic (exact) mass is 342 g/mol. The number of pyridine rings is 1. The quantitative estimate of drug-likeness (QED) is 0.657. The highest BCUT2D eigenvalue weighted by Gasteiger charge is 2.45. The lowest BCUT2D eigenvalue weighted by atomic mass is 10.2. The summed E-state index contributed by atoms with van der Waals surface area (Å²) in [5.41, 5.74) is -1.13. The maximum atomic E-state index is 13.1. The van der Waals surface area contributed by atoms with Crippen molar-refractivity contribution in [3.05, 3.63) is 69.3 Å². The molecule has 25 heavy (non-hydrogen) atoms. The molecule has 0 atom stereocenters. The molecule has 1 aliphatic carbocycles. The normalized spacial score (nSPS) is 15.2. The third-order valence-electron chi connectivity index (χ3n) is 4.45. The van der Waals surface area contributed by atoms with Crippen LogP contribution in [0.2, 0.25) is 0 Å². The van der Waals surface area contributed by atoms with Gasteiger partial charge in [-0.3, -0.25) is 14.6 Å². The van der Waals surface area contributed by atoms with Gasteiger partial charge in [-0.15, -0.1) is 0 Å². The molecule has 1 fully saturated rings. The van der Waals surface area contributed by atoms with Gasteiger partial charge >= 0.3 is 11.1 Å². The van der Waals surface area contributed by atoms with Gasteiger partial charge in [0.05, 0.1) is 12.1 Å². The fourth-order valence-electron chi connectivity index (χ4n) is 2.78. The average molecular weight is 342 g/mol. The van der Waals surface area contributed by atoms with E-state index in [-0.39, 0.29) is 6.54 Å². The Balaban J connectivity index is 1.62. The van der Waals surface area contributed by atoms with Gasteiger partial charge in [-0.25, -0.2) is 4.39 Å². The lowest BCUT2D eigenvalue weighted by molar-refractivity contribution is 0.326. The molecule has 0 unspecified atom stereocenters. The fraction of sp³-hybridized carbons (Fsp3) is 0.294. The summed E-state index contributed by atoms with van der Waals surface area (Å²) in [5.74, 6) is 0.478. The Labute approximate surface area is 141 Å². The van der Waals surface area contributed by atoms with Gasteiger partial charge in [0, 0.05) is 24.7 Å². The van der Waals surface area contributed by atoms with E-state index in [1.807, 2.05) is 6.07 Å². The summed E-state index contributed by atoms with van der Waals surface area (Å²) < 4.78 is 20.8. The van der Waals surface area contributed by atoms with E-state index in [4.69, 9.17) is 4.52 Å². The predicted molar refractivity (Wildman–Crippen MR) is 87.0 cm³/mol. The Morgan fingerprint density at radius 2 is 2.04 bits per heavy atom. The lowest BCUT2D eigenvalue weighted by Crippen LogP contribution is -2.45. The first-order chi connectivity index (χ1) is 12.1. The third kappa shape index (κ3) is 2.69. The molecule has 3 heterocycles. The van der Waals surface area contributed by atoms with Crippen LogP contribution in [-0.4, -0.2) is 25.9 Å². The van der Waals surface area contributed by atoms with Gasteiger partial charge in [0.2, 0.25) is 0 Å². The lowest BCUT2D eigenvalue weighted by Gasteiger charge is -2.15. The Bertz CT molecular complexity index is 1020. The molecule has 4 rings (SSSR count).